The number of pyridine rings is 1. The third-order valence-corrected chi connectivity index (χ3v) is 7.09. The van der Waals surface area contributed by atoms with Gasteiger partial charge in [0.15, 0.2) is 6.10 Å². The molecule has 230 valence electrons. The van der Waals surface area contributed by atoms with Crippen molar-refractivity contribution in [2.75, 3.05) is 5.32 Å². The van der Waals surface area contributed by atoms with E-state index in [1.54, 1.807) is 88.4 Å². The van der Waals surface area contributed by atoms with Gasteiger partial charge in [0.05, 0.1) is 11.5 Å². The van der Waals surface area contributed by atoms with Gasteiger partial charge in [0.25, 0.3) is 5.91 Å². The number of hydrogen-bond donors (Lipinski definition) is 2. The van der Waals surface area contributed by atoms with Crippen molar-refractivity contribution in [2.24, 2.45) is 7.05 Å². The van der Waals surface area contributed by atoms with Crippen LogP contribution in [0.1, 0.15) is 49.1 Å². The minimum absolute atomic E-state index is 0.141. The molecule has 0 saturated heterocycles. The summed E-state index contributed by atoms with van der Waals surface area (Å²) in [5.41, 5.74) is -0.399. The maximum Gasteiger partial charge on any atom is 0.417 e. The smallest absolute Gasteiger partial charge is 0.417 e. The molecule has 0 aliphatic carbocycles. The average molecular weight is 606 g/mol. The van der Waals surface area contributed by atoms with E-state index in [0.717, 1.165) is 6.07 Å². The van der Waals surface area contributed by atoms with Gasteiger partial charge in [-0.15, -0.1) is 0 Å². The van der Waals surface area contributed by atoms with Crippen LogP contribution in [0.15, 0.2) is 95.8 Å². The average Bonchev–Trinajstić information content (AvgIpc) is 2.95. The van der Waals surface area contributed by atoms with Crippen LogP contribution in [-0.4, -0.2) is 28.2 Å². The van der Waals surface area contributed by atoms with Gasteiger partial charge in [-0.2, -0.15) is 13.2 Å². The molecule has 7 nitrogen and oxygen atoms in total. The molecule has 2 N–H and O–H groups in total. The zero-order chi connectivity index (χ0) is 32.2. The number of carbonyl (C=O) groups is 2. The van der Waals surface area contributed by atoms with Crippen LogP contribution >= 0.6 is 0 Å². The third kappa shape index (κ3) is 7.55. The second kappa shape index (κ2) is 12.8. The summed E-state index contributed by atoms with van der Waals surface area (Å²) in [6, 6.07) is 23.9. The number of rotatable bonds is 7. The van der Waals surface area contributed by atoms with E-state index < -0.39 is 41.3 Å². The lowest BCUT2D eigenvalue weighted by Gasteiger charge is -2.29. The van der Waals surface area contributed by atoms with Crippen molar-refractivity contribution in [3.8, 4) is 11.1 Å². The first-order chi connectivity index (χ1) is 20.7. The van der Waals surface area contributed by atoms with E-state index in [1.165, 1.54) is 35.9 Å². The highest BCUT2D eigenvalue weighted by atomic mass is 19.4. The Bertz CT molecular complexity index is 1660. The zero-order valence-corrected chi connectivity index (χ0v) is 25.0. The Balaban J connectivity index is 1.78. The normalized spacial score (nSPS) is 12.5. The lowest BCUT2D eigenvalue weighted by atomic mass is 9.86. The monoisotopic (exact) mass is 605 g/mol. The Morgan fingerprint density at radius 2 is 1.36 bits per heavy atom. The van der Waals surface area contributed by atoms with Crippen LogP contribution in [0.3, 0.4) is 0 Å². The first-order valence-electron chi connectivity index (χ1n) is 13.9. The number of nitrogens with zero attached hydrogens (tertiary/aromatic N) is 1. The summed E-state index contributed by atoms with van der Waals surface area (Å²) in [6.45, 7) is 6.82. The highest BCUT2D eigenvalue weighted by molar-refractivity contribution is 5.97. The van der Waals surface area contributed by atoms with E-state index in [4.69, 9.17) is 4.74 Å². The number of amides is 2. The molecule has 10 heteroatoms. The number of ether oxygens (including phenoxy) is 1. The quantitative estimate of drug-likeness (QED) is 0.237. The number of benzene rings is 3. The molecule has 0 saturated carbocycles. The van der Waals surface area contributed by atoms with E-state index in [2.05, 4.69) is 10.6 Å². The summed E-state index contributed by atoms with van der Waals surface area (Å²) in [5, 5.41) is 5.24. The summed E-state index contributed by atoms with van der Waals surface area (Å²) in [4.78, 5) is 38.9. The van der Waals surface area contributed by atoms with Crippen molar-refractivity contribution in [3.63, 3.8) is 0 Å². The standard InChI is InChI=1S/C34H34F3N3O4/c1-21-25(18-19-28(41)40(21)5)26-17-16-24(20-27(26)34(35,36)37)38-31(42)30(44-32(43)39-33(2,3)4)29(22-12-8-6-9-13-22)23-14-10-7-11-15-23/h6-20,29-30H,1-5H3,(H,38,42)(H,39,43)/t30-/m0/s1. The lowest BCUT2D eigenvalue weighted by molar-refractivity contribution is -0.137. The van der Waals surface area contributed by atoms with E-state index in [0.29, 0.717) is 16.8 Å². The predicted octanol–water partition coefficient (Wildman–Crippen LogP) is 7.04. The number of carbonyl (C=O) groups excluding carboxylic acids is 2. The third-order valence-electron chi connectivity index (χ3n) is 7.09. The first-order valence-corrected chi connectivity index (χ1v) is 13.9. The number of aromatic nitrogens is 1. The van der Waals surface area contributed by atoms with Gasteiger partial charge in [0.2, 0.25) is 5.56 Å². The molecule has 44 heavy (non-hydrogen) atoms. The Morgan fingerprint density at radius 1 is 0.818 bits per heavy atom. The molecule has 0 bridgehead atoms. The van der Waals surface area contributed by atoms with Crippen LogP contribution in [0.5, 0.6) is 0 Å². The number of alkyl carbamates (subject to hydrolysis) is 1. The van der Waals surface area contributed by atoms with Crippen LogP contribution in [0, 0.1) is 6.92 Å². The Morgan fingerprint density at radius 3 is 1.89 bits per heavy atom. The molecule has 0 spiro atoms. The summed E-state index contributed by atoms with van der Waals surface area (Å²) in [5.74, 6) is -1.59. The van der Waals surface area contributed by atoms with Crippen molar-refractivity contribution in [3.05, 3.63) is 124 Å². The molecular weight excluding hydrogens is 571 g/mol. The lowest BCUT2D eigenvalue weighted by Crippen LogP contribution is -2.46. The van der Waals surface area contributed by atoms with Gasteiger partial charge in [0, 0.05) is 35.6 Å². The maximum absolute atomic E-state index is 14.4. The summed E-state index contributed by atoms with van der Waals surface area (Å²) < 4.78 is 50.1. The molecule has 1 aromatic heterocycles. The van der Waals surface area contributed by atoms with Crippen LogP contribution in [-0.2, 0) is 22.8 Å². The SMILES string of the molecule is Cc1c(-c2ccc(NC(=O)[C@@H](OC(=O)NC(C)(C)C)C(c3ccccc3)c3ccccc3)cc2C(F)(F)F)ccc(=O)n1C. The topological polar surface area (TPSA) is 89.4 Å². The van der Waals surface area contributed by atoms with Crippen LogP contribution in [0.25, 0.3) is 11.1 Å². The number of alkyl halides is 3. The van der Waals surface area contributed by atoms with E-state index in [9.17, 15) is 27.6 Å². The van der Waals surface area contributed by atoms with Gasteiger partial charge in [-0.3, -0.25) is 9.59 Å². The fourth-order valence-electron chi connectivity index (χ4n) is 4.91. The van der Waals surface area contributed by atoms with E-state index >= 15 is 0 Å². The molecule has 0 unspecified atom stereocenters. The Kier molecular flexibility index (Phi) is 9.32. The van der Waals surface area contributed by atoms with Gasteiger partial charge < -0.3 is 19.9 Å². The van der Waals surface area contributed by atoms with Crippen LogP contribution in [0.4, 0.5) is 23.7 Å². The molecule has 2 amide bonds. The van der Waals surface area contributed by atoms with Gasteiger partial charge in [0.1, 0.15) is 0 Å². The largest absolute Gasteiger partial charge is 0.435 e. The Labute approximate surface area is 253 Å². The number of nitrogens with one attached hydrogen (secondary N) is 2. The van der Waals surface area contributed by atoms with Gasteiger partial charge in [-0.1, -0.05) is 66.7 Å². The second-order valence-corrected chi connectivity index (χ2v) is 11.5. The molecule has 0 aliphatic rings. The minimum atomic E-state index is -4.78. The molecule has 1 atom stereocenters. The summed E-state index contributed by atoms with van der Waals surface area (Å²) in [7, 11) is 1.48. The highest BCUT2D eigenvalue weighted by Crippen LogP contribution is 2.40. The molecule has 0 fully saturated rings. The highest BCUT2D eigenvalue weighted by Gasteiger charge is 2.37. The molecule has 1 heterocycles. The van der Waals surface area contributed by atoms with E-state index in [1.807, 2.05) is 0 Å². The second-order valence-electron chi connectivity index (χ2n) is 11.5. The van der Waals surface area contributed by atoms with Crippen LogP contribution < -0.4 is 16.2 Å². The summed E-state index contributed by atoms with van der Waals surface area (Å²) >= 11 is 0. The van der Waals surface area contributed by atoms with Crippen molar-refractivity contribution >= 4 is 17.7 Å². The van der Waals surface area contributed by atoms with Gasteiger partial charge >= 0.3 is 12.3 Å². The van der Waals surface area contributed by atoms with Crippen molar-refractivity contribution in [1.29, 1.82) is 0 Å². The molecule has 0 radical (unpaired) electrons. The van der Waals surface area contributed by atoms with E-state index in [-0.39, 0.29) is 22.4 Å². The first kappa shape index (κ1) is 32.1. The predicted molar refractivity (Wildman–Crippen MR) is 163 cm³/mol. The van der Waals surface area contributed by atoms with Gasteiger partial charge in [-0.05, 0) is 62.6 Å². The minimum Gasteiger partial charge on any atom is -0.435 e. The number of hydrogen-bond acceptors (Lipinski definition) is 4. The molecular formula is C34H34F3N3O4. The molecule has 4 rings (SSSR count). The molecule has 3 aromatic carbocycles. The number of halogens is 3. The fraction of sp³-hybridized carbons (Fsp3) is 0.265. The maximum atomic E-state index is 14.4. The fourth-order valence-corrected chi connectivity index (χ4v) is 4.91. The summed E-state index contributed by atoms with van der Waals surface area (Å²) in [6.07, 6.45) is -7.09. The number of anilines is 1. The van der Waals surface area contributed by atoms with Crippen molar-refractivity contribution < 1.29 is 27.5 Å². The van der Waals surface area contributed by atoms with Crippen molar-refractivity contribution in [2.45, 2.75) is 51.4 Å². The van der Waals surface area contributed by atoms with Gasteiger partial charge in [-0.25, -0.2) is 4.79 Å². The van der Waals surface area contributed by atoms with Crippen LogP contribution in [0.2, 0.25) is 0 Å². The molecule has 0 aliphatic heterocycles. The zero-order valence-electron chi connectivity index (χ0n) is 25.0. The molecule has 4 aromatic rings. The van der Waals surface area contributed by atoms with Crippen molar-refractivity contribution in [1.82, 2.24) is 9.88 Å². The Hall–Kier alpha value is -4.86.